The summed E-state index contributed by atoms with van der Waals surface area (Å²) >= 11 is 6.14. The van der Waals surface area contributed by atoms with Gasteiger partial charge < -0.3 is 14.6 Å². The van der Waals surface area contributed by atoms with E-state index in [1.54, 1.807) is 6.92 Å². The first-order chi connectivity index (χ1) is 10.1. The molecule has 1 N–H and O–H groups in total. The molecule has 0 amide bonds. The van der Waals surface area contributed by atoms with Crippen LogP contribution in [-0.4, -0.2) is 11.7 Å². The highest BCUT2D eigenvalue weighted by Gasteiger charge is 2.18. The van der Waals surface area contributed by atoms with Crippen LogP contribution in [0, 0.1) is 0 Å². The molecule has 2 aromatic rings. The van der Waals surface area contributed by atoms with Crippen LogP contribution in [-0.2, 0) is 13.0 Å². The predicted octanol–water partition coefficient (Wildman–Crippen LogP) is 3.91. The summed E-state index contributed by atoms with van der Waals surface area (Å²) in [6.45, 7) is 2.78. The van der Waals surface area contributed by atoms with Gasteiger partial charge in [0.1, 0.15) is 18.1 Å². The SMILES string of the molecule is C[C@H](O)c1ccccc1OCc1cc(Cl)cc2c1OCC2. The Morgan fingerprint density at radius 3 is 2.95 bits per heavy atom. The first kappa shape index (κ1) is 14.2. The first-order valence-electron chi connectivity index (χ1n) is 6.99. The lowest BCUT2D eigenvalue weighted by Crippen LogP contribution is -2.02. The summed E-state index contributed by atoms with van der Waals surface area (Å²) in [4.78, 5) is 0. The zero-order valence-electron chi connectivity index (χ0n) is 11.8. The smallest absolute Gasteiger partial charge is 0.129 e. The van der Waals surface area contributed by atoms with E-state index >= 15 is 0 Å². The van der Waals surface area contributed by atoms with Crippen LogP contribution in [0.25, 0.3) is 0 Å². The Balaban J connectivity index is 1.83. The Hall–Kier alpha value is -1.71. The fraction of sp³-hybridized carbons (Fsp3) is 0.294. The molecular weight excluding hydrogens is 288 g/mol. The van der Waals surface area contributed by atoms with Gasteiger partial charge in [0.05, 0.1) is 12.7 Å². The molecule has 1 heterocycles. The number of rotatable bonds is 4. The third kappa shape index (κ3) is 2.99. The molecule has 0 bridgehead atoms. The maximum Gasteiger partial charge on any atom is 0.129 e. The minimum atomic E-state index is -0.567. The molecular formula is C17H17ClO3. The third-order valence-electron chi connectivity index (χ3n) is 3.58. The van der Waals surface area contributed by atoms with Crippen molar-refractivity contribution < 1.29 is 14.6 Å². The molecule has 0 spiro atoms. The summed E-state index contributed by atoms with van der Waals surface area (Å²) < 4.78 is 11.5. The average Bonchev–Trinajstić information content (AvgIpc) is 2.93. The fourth-order valence-corrected chi connectivity index (χ4v) is 2.83. The Kier molecular flexibility index (Phi) is 4.04. The number of hydrogen-bond donors (Lipinski definition) is 1. The van der Waals surface area contributed by atoms with Gasteiger partial charge >= 0.3 is 0 Å². The van der Waals surface area contributed by atoms with E-state index in [-0.39, 0.29) is 0 Å². The third-order valence-corrected chi connectivity index (χ3v) is 3.80. The molecule has 0 aromatic heterocycles. The van der Waals surface area contributed by atoms with Crippen molar-refractivity contribution in [3.8, 4) is 11.5 Å². The summed E-state index contributed by atoms with van der Waals surface area (Å²) in [6.07, 6.45) is 0.315. The second kappa shape index (κ2) is 5.96. The highest BCUT2D eigenvalue weighted by molar-refractivity contribution is 6.30. The molecule has 2 aromatic carbocycles. The fourth-order valence-electron chi connectivity index (χ4n) is 2.57. The van der Waals surface area contributed by atoms with Crippen molar-refractivity contribution in [2.75, 3.05) is 6.61 Å². The zero-order valence-corrected chi connectivity index (χ0v) is 12.6. The molecule has 1 atom stereocenters. The van der Waals surface area contributed by atoms with Gasteiger partial charge in [0.25, 0.3) is 0 Å². The standard InChI is InChI=1S/C17H17ClO3/c1-11(19)15-4-2-3-5-16(15)21-10-13-9-14(18)8-12-6-7-20-17(12)13/h2-5,8-9,11,19H,6-7,10H2,1H3/t11-/m0/s1. The summed E-state index contributed by atoms with van der Waals surface area (Å²) in [6, 6.07) is 11.3. The van der Waals surface area contributed by atoms with Gasteiger partial charge in [-0.1, -0.05) is 29.8 Å². The van der Waals surface area contributed by atoms with Crippen LogP contribution in [0.5, 0.6) is 11.5 Å². The predicted molar refractivity (Wildman–Crippen MR) is 82.1 cm³/mol. The monoisotopic (exact) mass is 304 g/mol. The number of benzene rings is 2. The van der Waals surface area contributed by atoms with E-state index < -0.39 is 6.10 Å². The van der Waals surface area contributed by atoms with Crippen LogP contribution >= 0.6 is 11.6 Å². The van der Waals surface area contributed by atoms with E-state index in [9.17, 15) is 5.11 Å². The van der Waals surface area contributed by atoms with Gasteiger partial charge in [-0.2, -0.15) is 0 Å². The van der Waals surface area contributed by atoms with E-state index in [0.717, 1.165) is 28.9 Å². The maximum atomic E-state index is 9.77. The van der Waals surface area contributed by atoms with Crippen molar-refractivity contribution in [1.29, 1.82) is 0 Å². The van der Waals surface area contributed by atoms with E-state index in [2.05, 4.69) is 0 Å². The number of para-hydroxylation sites is 1. The summed E-state index contributed by atoms with van der Waals surface area (Å²) in [5, 5.41) is 10.5. The van der Waals surface area contributed by atoms with Crippen LogP contribution in [0.2, 0.25) is 5.02 Å². The molecule has 4 heteroatoms. The highest BCUT2D eigenvalue weighted by atomic mass is 35.5. The van der Waals surface area contributed by atoms with Crippen molar-refractivity contribution in [3.63, 3.8) is 0 Å². The van der Waals surface area contributed by atoms with Crippen molar-refractivity contribution in [1.82, 2.24) is 0 Å². The van der Waals surface area contributed by atoms with Crippen LogP contribution in [0.15, 0.2) is 36.4 Å². The molecule has 1 aliphatic rings. The van der Waals surface area contributed by atoms with Crippen LogP contribution in [0.1, 0.15) is 29.7 Å². The van der Waals surface area contributed by atoms with E-state index in [1.165, 1.54) is 0 Å². The zero-order chi connectivity index (χ0) is 14.8. The van der Waals surface area contributed by atoms with Gasteiger partial charge in [0, 0.05) is 22.6 Å². The molecule has 0 saturated carbocycles. The summed E-state index contributed by atoms with van der Waals surface area (Å²) in [5.74, 6) is 1.56. The molecule has 3 rings (SSSR count). The van der Waals surface area contributed by atoms with Crippen molar-refractivity contribution >= 4 is 11.6 Å². The number of ether oxygens (including phenoxy) is 2. The molecule has 3 nitrogen and oxygen atoms in total. The molecule has 0 unspecified atom stereocenters. The van der Waals surface area contributed by atoms with Gasteiger partial charge in [0.15, 0.2) is 0 Å². The summed E-state index contributed by atoms with van der Waals surface area (Å²) in [7, 11) is 0. The Labute approximate surface area is 129 Å². The normalized spacial score (nSPS) is 14.4. The molecule has 0 fully saturated rings. The number of aliphatic hydroxyl groups excluding tert-OH is 1. The summed E-state index contributed by atoms with van der Waals surface area (Å²) in [5.41, 5.74) is 2.84. The number of fused-ring (bicyclic) bond motifs is 1. The number of aliphatic hydroxyl groups is 1. The largest absolute Gasteiger partial charge is 0.493 e. The van der Waals surface area contributed by atoms with Crippen LogP contribution in [0.4, 0.5) is 0 Å². The molecule has 0 radical (unpaired) electrons. The highest BCUT2D eigenvalue weighted by Crippen LogP contribution is 2.34. The Bertz CT molecular complexity index is 652. The van der Waals surface area contributed by atoms with Gasteiger partial charge in [-0.15, -0.1) is 0 Å². The van der Waals surface area contributed by atoms with Crippen molar-refractivity contribution in [3.05, 3.63) is 58.1 Å². The van der Waals surface area contributed by atoms with Crippen LogP contribution in [0.3, 0.4) is 0 Å². The van der Waals surface area contributed by atoms with Gasteiger partial charge in [-0.25, -0.2) is 0 Å². The molecule has 0 saturated heterocycles. The topological polar surface area (TPSA) is 38.7 Å². The van der Waals surface area contributed by atoms with Crippen molar-refractivity contribution in [2.45, 2.75) is 26.1 Å². The van der Waals surface area contributed by atoms with Gasteiger partial charge in [-0.05, 0) is 30.7 Å². The second-order valence-electron chi connectivity index (χ2n) is 5.15. The maximum absolute atomic E-state index is 9.77. The van der Waals surface area contributed by atoms with Gasteiger partial charge in [0.2, 0.25) is 0 Å². The lowest BCUT2D eigenvalue weighted by Gasteiger charge is -2.15. The molecule has 0 aliphatic carbocycles. The minimum absolute atomic E-state index is 0.368. The lowest BCUT2D eigenvalue weighted by atomic mass is 10.1. The van der Waals surface area contributed by atoms with E-state index in [4.69, 9.17) is 21.1 Å². The Morgan fingerprint density at radius 1 is 1.33 bits per heavy atom. The van der Waals surface area contributed by atoms with Crippen molar-refractivity contribution in [2.24, 2.45) is 0 Å². The number of hydrogen-bond acceptors (Lipinski definition) is 3. The van der Waals surface area contributed by atoms with Gasteiger partial charge in [-0.3, -0.25) is 0 Å². The van der Waals surface area contributed by atoms with E-state index in [1.807, 2.05) is 36.4 Å². The lowest BCUT2D eigenvalue weighted by molar-refractivity contribution is 0.190. The Morgan fingerprint density at radius 2 is 2.14 bits per heavy atom. The molecule has 1 aliphatic heterocycles. The quantitative estimate of drug-likeness (QED) is 0.931. The van der Waals surface area contributed by atoms with Crippen LogP contribution < -0.4 is 9.47 Å². The van der Waals surface area contributed by atoms with E-state index in [0.29, 0.717) is 24.0 Å². The minimum Gasteiger partial charge on any atom is -0.493 e. The first-order valence-corrected chi connectivity index (χ1v) is 7.37. The second-order valence-corrected chi connectivity index (χ2v) is 5.59. The number of halogens is 1. The average molecular weight is 305 g/mol. The molecule has 110 valence electrons. The molecule has 21 heavy (non-hydrogen) atoms.